The van der Waals surface area contributed by atoms with E-state index in [-0.39, 0.29) is 12.5 Å². The zero-order valence-corrected chi connectivity index (χ0v) is 16.4. The van der Waals surface area contributed by atoms with Crippen LogP contribution in [0.4, 0.5) is 5.82 Å². The largest absolute Gasteiger partial charge is 0.396 e. The number of benzene rings is 2. The van der Waals surface area contributed by atoms with Gasteiger partial charge in [-0.15, -0.1) is 0 Å². The van der Waals surface area contributed by atoms with Crippen LogP contribution in [0.5, 0.6) is 0 Å². The first-order valence-corrected chi connectivity index (χ1v) is 10.1. The number of carbonyl (C=O) groups is 1. The molecule has 1 aromatic heterocycles. The molecular formula is C23H26N4O2. The summed E-state index contributed by atoms with van der Waals surface area (Å²) in [7, 11) is 0. The third-order valence-corrected chi connectivity index (χ3v) is 5.38. The molecule has 3 aromatic rings. The van der Waals surface area contributed by atoms with Gasteiger partial charge in [0.15, 0.2) is 0 Å². The first-order valence-electron chi connectivity index (χ1n) is 10.1. The van der Waals surface area contributed by atoms with E-state index in [1.54, 1.807) is 4.68 Å². The molecule has 0 saturated carbocycles. The normalized spacial score (nSPS) is 15.3. The van der Waals surface area contributed by atoms with E-state index in [2.05, 4.69) is 10.2 Å². The molecule has 1 saturated heterocycles. The predicted octanol–water partition coefficient (Wildman–Crippen LogP) is 3.18. The summed E-state index contributed by atoms with van der Waals surface area (Å²) in [5.41, 5.74) is 2.71. The van der Waals surface area contributed by atoms with Crippen LogP contribution in [0.15, 0.2) is 66.7 Å². The van der Waals surface area contributed by atoms with E-state index in [1.165, 1.54) is 0 Å². The van der Waals surface area contributed by atoms with Crippen molar-refractivity contribution in [2.75, 3.05) is 31.6 Å². The van der Waals surface area contributed by atoms with Crippen molar-refractivity contribution in [3.05, 3.63) is 66.7 Å². The zero-order chi connectivity index (χ0) is 20.1. The van der Waals surface area contributed by atoms with E-state index >= 15 is 0 Å². The molecule has 1 fully saturated rings. The summed E-state index contributed by atoms with van der Waals surface area (Å²) >= 11 is 0. The summed E-state index contributed by atoms with van der Waals surface area (Å²) in [6, 6.07) is 21.7. The van der Waals surface area contributed by atoms with Crippen LogP contribution in [0.25, 0.3) is 16.9 Å². The number of aliphatic hydroxyl groups excluding tert-OH is 1. The highest BCUT2D eigenvalue weighted by Gasteiger charge is 2.21. The lowest BCUT2D eigenvalue weighted by Crippen LogP contribution is -2.40. The molecule has 6 heteroatoms. The average Bonchev–Trinajstić information content (AvgIpc) is 3.19. The number of anilines is 1. The number of hydrogen-bond acceptors (Lipinski definition) is 4. The number of amides is 1. The van der Waals surface area contributed by atoms with Crippen molar-refractivity contribution in [2.24, 2.45) is 5.92 Å². The minimum Gasteiger partial charge on any atom is -0.396 e. The highest BCUT2D eigenvalue weighted by atomic mass is 16.3. The third kappa shape index (κ3) is 4.72. The van der Waals surface area contributed by atoms with Gasteiger partial charge in [0.2, 0.25) is 5.91 Å². The number of carbonyl (C=O) groups excluding carboxylic acids is 1. The van der Waals surface area contributed by atoms with Crippen LogP contribution >= 0.6 is 0 Å². The zero-order valence-electron chi connectivity index (χ0n) is 16.4. The Kier molecular flexibility index (Phi) is 6.03. The van der Waals surface area contributed by atoms with Crippen molar-refractivity contribution in [1.29, 1.82) is 0 Å². The number of likely N-dealkylation sites (tertiary alicyclic amines) is 1. The lowest BCUT2D eigenvalue weighted by Gasteiger charge is -2.30. The number of piperidine rings is 1. The van der Waals surface area contributed by atoms with Gasteiger partial charge >= 0.3 is 0 Å². The number of nitrogens with zero attached hydrogens (tertiary/aromatic N) is 3. The second-order valence-corrected chi connectivity index (χ2v) is 7.48. The molecule has 150 valence electrons. The van der Waals surface area contributed by atoms with Gasteiger partial charge in [0.05, 0.1) is 17.9 Å². The molecular weight excluding hydrogens is 364 g/mol. The van der Waals surface area contributed by atoms with E-state index in [9.17, 15) is 9.90 Å². The minimum atomic E-state index is -0.0517. The summed E-state index contributed by atoms with van der Waals surface area (Å²) in [5, 5.41) is 17.1. The molecule has 1 amide bonds. The van der Waals surface area contributed by atoms with Crippen molar-refractivity contribution in [2.45, 2.75) is 12.8 Å². The standard InChI is InChI=1S/C23H26N4O2/c28-17-18-11-13-26(14-12-18)16-23(29)24-22-15-21(19-7-3-1-4-8-19)25-27(22)20-9-5-2-6-10-20/h1-10,15,18,28H,11-14,16-17H2,(H,24,29). The van der Waals surface area contributed by atoms with Crippen LogP contribution in [0.3, 0.4) is 0 Å². The molecule has 4 rings (SSSR count). The van der Waals surface area contributed by atoms with Crippen LogP contribution in [-0.2, 0) is 4.79 Å². The molecule has 1 aliphatic heterocycles. The Balaban J connectivity index is 1.52. The van der Waals surface area contributed by atoms with Crippen molar-refractivity contribution in [3.8, 4) is 16.9 Å². The van der Waals surface area contributed by atoms with Crippen LogP contribution in [0.2, 0.25) is 0 Å². The molecule has 6 nitrogen and oxygen atoms in total. The Bertz CT molecular complexity index is 932. The third-order valence-electron chi connectivity index (χ3n) is 5.38. The number of hydrogen-bond donors (Lipinski definition) is 2. The van der Waals surface area contributed by atoms with Crippen molar-refractivity contribution in [3.63, 3.8) is 0 Å². The Morgan fingerprint density at radius 3 is 2.34 bits per heavy atom. The van der Waals surface area contributed by atoms with Gasteiger partial charge in [-0.3, -0.25) is 9.69 Å². The molecule has 0 bridgehead atoms. The van der Waals surface area contributed by atoms with E-state index in [1.807, 2.05) is 66.7 Å². The first-order chi connectivity index (χ1) is 14.2. The van der Waals surface area contributed by atoms with Crippen LogP contribution in [0.1, 0.15) is 12.8 Å². The topological polar surface area (TPSA) is 70.4 Å². The molecule has 0 spiro atoms. The van der Waals surface area contributed by atoms with Gasteiger partial charge in [0, 0.05) is 18.2 Å². The maximum Gasteiger partial charge on any atom is 0.239 e. The molecule has 1 aliphatic rings. The van der Waals surface area contributed by atoms with Crippen LogP contribution in [-0.4, -0.2) is 51.9 Å². The van der Waals surface area contributed by atoms with Gasteiger partial charge in [-0.2, -0.15) is 5.10 Å². The summed E-state index contributed by atoms with van der Waals surface area (Å²) in [6.07, 6.45) is 1.87. The molecule has 0 atom stereocenters. The maximum absolute atomic E-state index is 12.7. The lowest BCUT2D eigenvalue weighted by molar-refractivity contribution is -0.117. The van der Waals surface area contributed by atoms with Gasteiger partial charge in [-0.25, -0.2) is 4.68 Å². The molecule has 0 unspecified atom stereocenters. The van der Waals surface area contributed by atoms with E-state index < -0.39 is 0 Å². The Morgan fingerprint density at radius 2 is 1.69 bits per heavy atom. The molecule has 2 aromatic carbocycles. The van der Waals surface area contributed by atoms with Crippen molar-refractivity contribution < 1.29 is 9.90 Å². The van der Waals surface area contributed by atoms with Gasteiger partial charge in [0.1, 0.15) is 5.82 Å². The van der Waals surface area contributed by atoms with Crippen LogP contribution in [0, 0.1) is 5.92 Å². The average molecular weight is 390 g/mol. The quantitative estimate of drug-likeness (QED) is 0.678. The fourth-order valence-corrected chi connectivity index (χ4v) is 3.70. The monoisotopic (exact) mass is 390 g/mol. The number of nitrogens with one attached hydrogen (secondary N) is 1. The van der Waals surface area contributed by atoms with Crippen molar-refractivity contribution >= 4 is 11.7 Å². The van der Waals surface area contributed by atoms with Gasteiger partial charge in [0.25, 0.3) is 0 Å². The summed E-state index contributed by atoms with van der Waals surface area (Å²) in [4.78, 5) is 14.9. The fourth-order valence-electron chi connectivity index (χ4n) is 3.70. The first kappa shape index (κ1) is 19.4. The summed E-state index contributed by atoms with van der Waals surface area (Å²) in [6.45, 7) is 2.26. The maximum atomic E-state index is 12.7. The Hall–Kier alpha value is -2.96. The molecule has 2 N–H and O–H groups in total. The number of aromatic nitrogens is 2. The smallest absolute Gasteiger partial charge is 0.239 e. The fraction of sp³-hybridized carbons (Fsp3) is 0.304. The SMILES string of the molecule is O=C(CN1CCC(CO)CC1)Nc1cc(-c2ccccc2)nn1-c1ccccc1. The number of para-hydroxylation sites is 1. The van der Waals surface area contributed by atoms with Crippen molar-refractivity contribution in [1.82, 2.24) is 14.7 Å². The molecule has 0 aliphatic carbocycles. The van der Waals surface area contributed by atoms with Crippen LogP contribution < -0.4 is 5.32 Å². The highest BCUT2D eigenvalue weighted by Crippen LogP contribution is 2.25. The lowest BCUT2D eigenvalue weighted by atomic mass is 9.98. The Labute approximate surface area is 170 Å². The van der Waals surface area contributed by atoms with E-state index in [0.717, 1.165) is 42.9 Å². The van der Waals surface area contributed by atoms with Gasteiger partial charge in [-0.05, 0) is 44.0 Å². The second kappa shape index (κ2) is 9.03. The summed E-state index contributed by atoms with van der Waals surface area (Å²) in [5.74, 6) is 0.969. The number of rotatable bonds is 6. The van der Waals surface area contributed by atoms with Gasteiger partial charge in [-0.1, -0.05) is 48.5 Å². The Morgan fingerprint density at radius 1 is 1.03 bits per heavy atom. The van der Waals surface area contributed by atoms with E-state index in [4.69, 9.17) is 5.10 Å². The number of aliphatic hydroxyl groups is 1. The predicted molar refractivity (Wildman–Crippen MR) is 114 cm³/mol. The summed E-state index contributed by atoms with van der Waals surface area (Å²) < 4.78 is 1.78. The highest BCUT2D eigenvalue weighted by molar-refractivity contribution is 5.92. The molecule has 29 heavy (non-hydrogen) atoms. The molecule has 2 heterocycles. The van der Waals surface area contributed by atoms with E-state index in [0.29, 0.717) is 18.3 Å². The van der Waals surface area contributed by atoms with Gasteiger partial charge < -0.3 is 10.4 Å². The molecule has 0 radical (unpaired) electrons. The second-order valence-electron chi connectivity index (χ2n) is 7.48. The minimum absolute atomic E-state index is 0.0517.